The number of esters is 1. The summed E-state index contributed by atoms with van der Waals surface area (Å²) >= 11 is 0. The van der Waals surface area contributed by atoms with Crippen LogP contribution in [-0.4, -0.2) is 55.0 Å². The van der Waals surface area contributed by atoms with Crippen molar-refractivity contribution in [3.05, 3.63) is 0 Å². The van der Waals surface area contributed by atoms with Crippen molar-refractivity contribution in [1.29, 1.82) is 0 Å². The van der Waals surface area contributed by atoms with Gasteiger partial charge in [-0.05, 0) is 26.2 Å². The molecule has 0 aliphatic carbocycles. The predicted octanol–water partition coefficient (Wildman–Crippen LogP) is -0.994. The van der Waals surface area contributed by atoms with Gasteiger partial charge in [-0.15, -0.1) is 0 Å². The lowest BCUT2D eigenvalue weighted by molar-refractivity contribution is -0.156. The molecule has 0 bridgehead atoms. The molecule has 1 aliphatic rings. The van der Waals surface area contributed by atoms with Gasteiger partial charge in [0.25, 0.3) is 0 Å². The molecule has 7 nitrogen and oxygen atoms in total. The van der Waals surface area contributed by atoms with Gasteiger partial charge in [-0.1, -0.05) is 0 Å². The van der Waals surface area contributed by atoms with E-state index in [9.17, 15) is 14.4 Å². The number of nitrogens with two attached hydrogens (primary N) is 1. The van der Waals surface area contributed by atoms with Gasteiger partial charge in [0.05, 0.1) is 19.7 Å². The number of likely N-dealkylation sites (tertiary alicyclic amines) is 1. The molecule has 1 atom stereocenters. The van der Waals surface area contributed by atoms with Crippen LogP contribution >= 0.6 is 0 Å². The minimum Gasteiger partial charge on any atom is -0.464 e. The molecule has 2 amide bonds. The van der Waals surface area contributed by atoms with Gasteiger partial charge in [0.2, 0.25) is 11.8 Å². The van der Waals surface area contributed by atoms with Gasteiger partial charge >= 0.3 is 5.97 Å². The summed E-state index contributed by atoms with van der Waals surface area (Å²) in [5.74, 6) is -1.04. The topological polar surface area (TPSA) is 102 Å². The number of hydrogen-bond acceptors (Lipinski definition) is 5. The summed E-state index contributed by atoms with van der Waals surface area (Å²) in [5.41, 5.74) is 5.14. The van der Waals surface area contributed by atoms with E-state index in [2.05, 4.69) is 5.32 Å². The van der Waals surface area contributed by atoms with Crippen molar-refractivity contribution >= 4 is 17.8 Å². The second-order valence-corrected chi connectivity index (χ2v) is 4.33. The van der Waals surface area contributed by atoms with Crippen LogP contribution < -0.4 is 11.1 Å². The number of nitrogens with zero attached hydrogens (tertiary/aromatic N) is 1. The molecule has 0 radical (unpaired) electrons. The standard InChI is InChI=1S/C12H21N3O4/c1-2-19-12(18)9-5-3-4-6-15(9)11(17)8-14-10(16)7-13/h9H,2-8,13H2,1H3,(H,14,16). The number of carbonyl (C=O) groups is 3. The van der Waals surface area contributed by atoms with Crippen molar-refractivity contribution in [2.45, 2.75) is 32.2 Å². The van der Waals surface area contributed by atoms with E-state index in [4.69, 9.17) is 10.5 Å². The SMILES string of the molecule is CCOC(=O)C1CCCCN1C(=O)CNC(=O)CN. The van der Waals surface area contributed by atoms with E-state index in [1.807, 2.05) is 0 Å². The molecule has 1 aliphatic heterocycles. The van der Waals surface area contributed by atoms with E-state index < -0.39 is 11.9 Å². The van der Waals surface area contributed by atoms with Gasteiger partial charge in [0.1, 0.15) is 6.04 Å². The Labute approximate surface area is 112 Å². The highest BCUT2D eigenvalue weighted by atomic mass is 16.5. The van der Waals surface area contributed by atoms with Crippen LogP contribution in [0.1, 0.15) is 26.2 Å². The van der Waals surface area contributed by atoms with Crippen LogP contribution in [-0.2, 0) is 19.1 Å². The number of amides is 2. The van der Waals surface area contributed by atoms with Gasteiger partial charge in [-0.3, -0.25) is 9.59 Å². The van der Waals surface area contributed by atoms with E-state index in [0.717, 1.165) is 12.8 Å². The molecule has 0 aromatic rings. The average Bonchev–Trinajstić information content (AvgIpc) is 2.44. The van der Waals surface area contributed by atoms with Gasteiger partial charge in [0, 0.05) is 6.54 Å². The average molecular weight is 271 g/mol. The van der Waals surface area contributed by atoms with Gasteiger partial charge < -0.3 is 20.7 Å². The molecular weight excluding hydrogens is 250 g/mol. The summed E-state index contributed by atoms with van der Waals surface area (Å²) in [7, 11) is 0. The van der Waals surface area contributed by atoms with Gasteiger partial charge in [-0.2, -0.15) is 0 Å². The molecule has 1 heterocycles. The Morgan fingerprint density at radius 1 is 1.37 bits per heavy atom. The molecule has 0 spiro atoms. The summed E-state index contributed by atoms with van der Waals surface area (Å²) < 4.78 is 4.97. The number of ether oxygens (including phenoxy) is 1. The highest BCUT2D eigenvalue weighted by molar-refractivity contribution is 5.88. The maximum Gasteiger partial charge on any atom is 0.328 e. The number of hydrogen-bond donors (Lipinski definition) is 2. The van der Waals surface area contributed by atoms with Crippen LogP contribution in [0.25, 0.3) is 0 Å². The van der Waals surface area contributed by atoms with Crippen LogP contribution in [0.5, 0.6) is 0 Å². The second-order valence-electron chi connectivity index (χ2n) is 4.33. The second kappa shape index (κ2) is 7.73. The smallest absolute Gasteiger partial charge is 0.328 e. The van der Waals surface area contributed by atoms with Crippen molar-refractivity contribution < 1.29 is 19.1 Å². The molecule has 108 valence electrons. The van der Waals surface area contributed by atoms with Crippen LogP contribution in [0.4, 0.5) is 0 Å². The molecule has 0 saturated carbocycles. The molecule has 7 heteroatoms. The van der Waals surface area contributed by atoms with Crippen molar-refractivity contribution in [3.8, 4) is 0 Å². The predicted molar refractivity (Wildman–Crippen MR) is 68.0 cm³/mol. The first-order valence-electron chi connectivity index (χ1n) is 6.53. The summed E-state index contributed by atoms with van der Waals surface area (Å²) in [6.45, 7) is 2.25. The lowest BCUT2D eigenvalue weighted by atomic mass is 10.0. The number of carbonyl (C=O) groups excluding carboxylic acids is 3. The minimum absolute atomic E-state index is 0.133. The maximum absolute atomic E-state index is 12.0. The Hall–Kier alpha value is -1.63. The quantitative estimate of drug-likeness (QED) is 0.625. The number of piperidine rings is 1. The molecule has 0 aromatic heterocycles. The first kappa shape index (κ1) is 15.4. The third-order valence-electron chi connectivity index (χ3n) is 3.00. The van der Waals surface area contributed by atoms with E-state index >= 15 is 0 Å². The fraction of sp³-hybridized carbons (Fsp3) is 0.750. The molecule has 1 rings (SSSR count). The first-order valence-corrected chi connectivity index (χ1v) is 6.53. The molecule has 19 heavy (non-hydrogen) atoms. The molecular formula is C12H21N3O4. The Bertz CT molecular complexity index is 346. The van der Waals surface area contributed by atoms with Crippen LogP contribution in [0.3, 0.4) is 0 Å². The van der Waals surface area contributed by atoms with Gasteiger partial charge in [0.15, 0.2) is 0 Å². The normalized spacial score (nSPS) is 18.8. The third-order valence-corrected chi connectivity index (χ3v) is 3.00. The largest absolute Gasteiger partial charge is 0.464 e. The fourth-order valence-electron chi connectivity index (χ4n) is 2.06. The number of rotatable bonds is 5. The van der Waals surface area contributed by atoms with Crippen molar-refractivity contribution in [2.75, 3.05) is 26.2 Å². The van der Waals surface area contributed by atoms with E-state index in [1.54, 1.807) is 6.92 Å². The third kappa shape index (κ3) is 4.51. The number of nitrogens with one attached hydrogen (secondary N) is 1. The van der Waals surface area contributed by atoms with Crippen LogP contribution in [0.15, 0.2) is 0 Å². The van der Waals surface area contributed by atoms with Gasteiger partial charge in [-0.25, -0.2) is 4.79 Å². The Balaban J connectivity index is 2.58. The Kier molecular flexibility index (Phi) is 6.27. The first-order chi connectivity index (χ1) is 9.10. The lowest BCUT2D eigenvalue weighted by Gasteiger charge is -2.34. The van der Waals surface area contributed by atoms with E-state index in [0.29, 0.717) is 19.6 Å². The van der Waals surface area contributed by atoms with Crippen molar-refractivity contribution in [2.24, 2.45) is 5.73 Å². The van der Waals surface area contributed by atoms with Crippen molar-refractivity contribution in [1.82, 2.24) is 10.2 Å². The Morgan fingerprint density at radius 2 is 2.11 bits per heavy atom. The van der Waals surface area contributed by atoms with Crippen LogP contribution in [0.2, 0.25) is 0 Å². The summed E-state index contributed by atoms with van der Waals surface area (Å²) in [6, 6.07) is -0.532. The maximum atomic E-state index is 12.0. The summed E-state index contributed by atoms with van der Waals surface area (Å²) in [6.07, 6.45) is 2.35. The summed E-state index contributed by atoms with van der Waals surface area (Å²) in [5, 5.41) is 2.41. The molecule has 1 fully saturated rings. The lowest BCUT2D eigenvalue weighted by Crippen LogP contribution is -2.52. The monoisotopic (exact) mass is 271 g/mol. The van der Waals surface area contributed by atoms with E-state index in [-0.39, 0.29) is 25.0 Å². The molecule has 0 aromatic carbocycles. The van der Waals surface area contributed by atoms with Crippen molar-refractivity contribution in [3.63, 3.8) is 0 Å². The zero-order valence-electron chi connectivity index (χ0n) is 11.2. The molecule has 3 N–H and O–H groups in total. The highest BCUT2D eigenvalue weighted by Gasteiger charge is 2.32. The van der Waals surface area contributed by atoms with E-state index in [1.165, 1.54) is 4.90 Å². The zero-order chi connectivity index (χ0) is 14.3. The molecule has 1 saturated heterocycles. The molecule has 1 unspecified atom stereocenters. The van der Waals surface area contributed by atoms with Crippen LogP contribution in [0, 0.1) is 0 Å². The zero-order valence-corrected chi connectivity index (χ0v) is 11.2. The highest BCUT2D eigenvalue weighted by Crippen LogP contribution is 2.18. The Morgan fingerprint density at radius 3 is 2.74 bits per heavy atom. The minimum atomic E-state index is -0.532. The summed E-state index contributed by atoms with van der Waals surface area (Å²) in [4.78, 5) is 36.3. The fourth-order valence-corrected chi connectivity index (χ4v) is 2.06.